The number of nitrogens with one attached hydrogen (secondary N) is 1. The van der Waals surface area contributed by atoms with Crippen molar-refractivity contribution in [2.75, 3.05) is 11.9 Å². The fourth-order valence-electron chi connectivity index (χ4n) is 2.55. The maximum absolute atomic E-state index is 11.3. The van der Waals surface area contributed by atoms with E-state index >= 15 is 0 Å². The highest BCUT2D eigenvalue weighted by atomic mass is 35.5. The predicted octanol–water partition coefficient (Wildman–Crippen LogP) is 2.05. The fraction of sp³-hybridized carbons (Fsp3) is 0.462. The summed E-state index contributed by atoms with van der Waals surface area (Å²) in [6.45, 7) is 0.685. The molecule has 2 N–H and O–H groups in total. The predicted molar refractivity (Wildman–Crippen MR) is 67.7 cm³/mol. The lowest BCUT2D eigenvalue weighted by molar-refractivity contribution is -0.115. The van der Waals surface area contributed by atoms with E-state index in [1.165, 1.54) is 0 Å². The Balaban J connectivity index is 1.92. The number of benzene rings is 1. The first-order valence-corrected chi connectivity index (χ1v) is 6.45. The number of aliphatic hydroxyl groups is 1. The van der Waals surface area contributed by atoms with Gasteiger partial charge in [0, 0.05) is 22.9 Å². The summed E-state index contributed by atoms with van der Waals surface area (Å²) in [5.41, 5.74) is 2.28. The van der Waals surface area contributed by atoms with Crippen LogP contribution < -0.4 is 5.32 Å². The van der Waals surface area contributed by atoms with E-state index in [9.17, 15) is 9.90 Å². The van der Waals surface area contributed by atoms with Crippen LogP contribution in [0.25, 0.3) is 0 Å². The van der Waals surface area contributed by atoms with Crippen LogP contribution in [0.2, 0.25) is 5.02 Å². The van der Waals surface area contributed by atoms with Crippen LogP contribution in [0.15, 0.2) is 12.1 Å². The molecular formula is C13H14ClNO3. The van der Waals surface area contributed by atoms with Crippen molar-refractivity contribution in [1.82, 2.24) is 0 Å². The van der Waals surface area contributed by atoms with Crippen molar-refractivity contribution in [2.24, 2.45) is 0 Å². The molecule has 4 nitrogen and oxygen atoms in total. The number of carbonyl (C=O) groups excluding carboxylic acids is 1. The van der Waals surface area contributed by atoms with Gasteiger partial charge in [0.1, 0.15) is 6.10 Å². The highest BCUT2D eigenvalue weighted by Gasteiger charge is 2.29. The fourth-order valence-corrected chi connectivity index (χ4v) is 2.82. The first-order valence-electron chi connectivity index (χ1n) is 6.07. The monoisotopic (exact) mass is 267 g/mol. The number of anilines is 1. The number of hydrogen-bond donors (Lipinski definition) is 2. The Morgan fingerprint density at radius 2 is 2.33 bits per heavy atom. The minimum atomic E-state index is -0.721. The van der Waals surface area contributed by atoms with Gasteiger partial charge in [0.05, 0.1) is 12.5 Å². The smallest absolute Gasteiger partial charge is 0.228 e. The van der Waals surface area contributed by atoms with Gasteiger partial charge in [-0.2, -0.15) is 0 Å². The average Bonchev–Trinajstić information content (AvgIpc) is 2.94. The van der Waals surface area contributed by atoms with Gasteiger partial charge in [-0.3, -0.25) is 4.79 Å². The highest BCUT2D eigenvalue weighted by Crippen LogP contribution is 2.36. The number of amides is 1. The Bertz CT molecular complexity index is 497. The summed E-state index contributed by atoms with van der Waals surface area (Å²) < 4.78 is 5.47. The zero-order chi connectivity index (χ0) is 12.7. The van der Waals surface area contributed by atoms with E-state index in [4.69, 9.17) is 16.3 Å². The van der Waals surface area contributed by atoms with Crippen LogP contribution in [0.4, 0.5) is 5.69 Å². The zero-order valence-electron chi connectivity index (χ0n) is 9.78. The summed E-state index contributed by atoms with van der Waals surface area (Å²) in [4.78, 5) is 11.3. The van der Waals surface area contributed by atoms with Crippen LogP contribution in [0, 0.1) is 0 Å². The third kappa shape index (κ3) is 2.00. The number of hydrogen-bond acceptors (Lipinski definition) is 3. The number of carbonyl (C=O) groups is 1. The molecule has 1 saturated heterocycles. The summed E-state index contributed by atoms with van der Waals surface area (Å²) in [5.74, 6) is -0.0372. The van der Waals surface area contributed by atoms with Crippen LogP contribution in [0.5, 0.6) is 0 Å². The number of halogens is 1. The molecule has 0 aliphatic carbocycles. The van der Waals surface area contributed by atoms with Gasteiger partial charge in [-0.1, -0.05) is 11.6 Å². The summed E-state index contributed by atoms with van der Waals surface area (Å²) in [7, 11) is 0. The second kappa shape index (κ2) is 4.53. The number of ether oxygens (including phenoxy) is 1. The molecule has 1 amide bonds. The average molecular weight is 268 g/mol. The third-order valence-electron chi connectivity index (χ3n) is 3.48. The Kier molecular flexibility index (Phi) is 3.01. The zero-order valence-corrected chi connectivity index (χ0v) is 10.5. The van der Waals surface area contributed by atoms with Crippen molar-refractivity contribution >= 4 is 23.2 Å². The molecule has 2 aliphatic heterocycles. The molecule has 2 aliphatic rings. The third-order valence-corrected chi connectivity index (χ3v) is 3.81. The molecular weight excluding hydrogens is 254 g/mol. The molecule has 3 rings (SSSR count). The minimum Gasteiger partial charge on any atom is -0.386 e. The SMILES string of the molecule is O=C1Cc2cc(C(O)C3CCCO3)c(Cl)cc2N1. The maximum Gasteiger partial charge on any atom is 0.228 e. The van der Waals surface area contributed by atoms with Gasteiger partial charge < -0.3 is 15.2 Å². The van der Waals surface area contributed by atoms with E-state index in [-0.39, 0.29) is 12.0 Å². The minimum absolute atomic E-state index is 0.0372. The molecule has 0 radical (unpaired) electrons. The quantitative estimate of drug-likeness (QED) is 0.862. The van der Waals surface area contributed by atoms with Crippen LogP contribution in [0.3, 0.4) is 0 Å². The van der Waals surface area contributed by atoms with E-state index in [0.29, 0.717) is 23.6 Å². The lowest BCUT2D eigenvalue weighted by Gasteiger charge is -2.19. The van der Waals surface area contributed by atoms with Gasteiger partial charge >= 0.3 is 0 Å². The molecule has 18 heavy (non-hydrogen) atoms. The Morgan fingerprint density at radius 1 is 1.50 bits per heavy atom. The summed E-state index contributed by atoms with van der Waals surface area (Å²) in [5, 5.41) is 13.5. The molecule has 2 heterocycles. The lowest BCUT2D eigenvalue weighted by Crippen LogP contribution is -2.17. The van der Waals surface area contributed by atoms with E-state index in [1.807, 2.05) is 6.07 Å². The Morgan fingerprint density at radius 3 is 3.06 bits per heavy atom. The van der Waals surface area contributed by atoms with Crippen molar-refractivity contribution in [3.63, 3.8) is 0 Å². The molecule has 2 atom stereocenters. The summed E-state index contributed by atoms with van der Waals surface area (Å²) in [6.07, 6.45) is 1.24. The largest absolute Gasteiger partial charge is 0.386 e. The van der Waals surface area contributed by atoms with Gasteiger partial charge in [0.2, 0.25) is 5.91 Å². The second-order valence-electron chi connectivity index (χ2n) is 4.75. The first kappa shape index (κ1) is 12.0. The topological polar surface area (TPSA) is 58.6 Å². The van der Waals surface area contributed by atoms with E-state index in [2.05, 4.69) is 5.32 Å². The first-order chi connectivity index (χ1) is 8.65. The molecule has 1 fully saturated rings. The van der Waals surface area contributed by atoms with Gasteiger partial charge in [0.25, 0.3) is 0 Å². The van der Waals surface area contributed by atoms with Crippen LogP contribution in [-0.4, -0.2) is 23.7 Å². The van der Waals surface area contributed by atoms with E-state index < -0.39 is 6.10 Å². The molecule has 0 saturated carbocycles. The van der Waals surface area contributed by atoms with Gasteiger partial charge in [-0.25, -0.2) is 0 Å². The van der Waals surface area contributed by atoms with Crippen molar-refractivity contribution in [2.45, 2.75) is 31.5 Å². The molecule has 1 aromatic carbocycles. The number of fused-ring (bicyclic) bond motifs is 1. The summed E-state index contributed by atoms with van der Waals surface area (Å²) in [6, 6.07) is 3.51. The van der Waals surface area contributed by atoms with Crippen LogP contribution in [-0.2, 0) is 16.0 Å². The van der Waals surface area contributed by atoms with Crippen molar-refractivity contribution in [1.29, 1.82) is 0 Å². The molecule has 0 aromatic heterocycles. The summed E-state index contributed by atoms with van der Waals surface area (Å²) >= 11 is 6.16. The standard InChI is InChI=1S/C13H14ClNO3/c14-9-6-10-7(5-12(16)15-10)4-8(9)13(17)11-2-1-3-18-11/h4,6,11,13,17H,1-3,5H2,(H,15,16). The van der Waals surface area contributed by atoms with Crippen molar-refractivity contribution in [3.8, 4) is 0 Å². The van der Waals surface area contributed by atoms with E-state index in [1.54, 1.807) is 6.07 Å². The number of rotatable bonds is 2. The van der Waals surface area contributed by atoms with Crippen molar-refractivity contribution in [3.05, 3.63) is 28.3 Å². The molecule has 0 bridgehead atoms. The van der Waals surface area contributed by atoms with Gasteiger partial charge in [0.15, 0.2) is 0 Å². The Labute approximate surface area is 110 Å². The highest BCUT2D eigenvalue weighted by molar-refractivity contribution is 6.32. The van der Waals surface area contributed by atoms with Gasteiger partial charge in [-0.15, -0.1) is 0 Å². The van der Waals surface area contributed by atoms with Crippen LogP contribution >= 0.6 is 11.6 Å². The maximum atomic E-state index is 11.3. The van der Waals surface area contributed by atoms with E-state index in [0.717, 1.165) is 24.1 Å². The van der Waals surface area contributed by atoms with Crippen LogP contribution in [0.1, 0.15) is 30.1 Å². The van der Waals surface area contributed by atoms with Crippen molar-refractivity contribution < 1.29 is 14.6 Å². The van der Waals surface area contributed by atoms with Gasteiger partial charge in [-0.05, 0) is 30.5 Å². The second-order valence-corrected chi connectivity index (χ2v) is 5.16. The normalized spacial score (nSPS) is 23.9. The molecule has 0 spiro atoms. The lowest BCUT2D eigenvalue weighted by atomic mass is 9.99. The molecule has 1 aromatic rings. The number of aliphatic hydroxyl groups excluding tert-OH is 1. The molecule has 5 heteroatoms. The molecule has 96 valence electrons. The molecule has 2 unspecified atom stereocenters. The Hall–Kier alpha value is -1.10.